The lowest BCUT2D eigenvalue weighted by Gasteiger charge is -2.29. The summed E-state index contributed by atoms with van der Waals surface area (Å²) >= 11 is 3.29. The van der Waals surface area contributed by atoms with Gasteiger partial charge in [0.2, 0.25) is 10.0 Å². The maximum absolute atomic E-state index is 12.6. The summed E-state index contributed by atoms with van der Waals surface area (Å²) in [4.78, 5) is 0.242. The van der Waals surface area contributed by atoms with Crippen molar-refractivity contribution in [3.63, 3.8) is 0 Å². The van der Waals surface area contributed by atoms with E-state index in [9.17, 15) is 8.42 Å². The molecule has 7 heteroatoms. The third kappa shape index (κ3) is 3.52. The van der Waals surface area contributed by atoms with E-state index < -0.39 is 10.0 Å². The van der Waals surface area contributed by atoms with Crippen molar-refractivity contribution < 1.29 is 17.9 Å². The van der Waals surface area contributed by atoms with Crippen molar-refractivity contribution >= 4 is 26.0 Å². The summed E-state index contributed by atoms with van der Waals surface area (Å²) in [5.41, 5.74) is 0. The number of hydrogen-bond donors (Lipinski definition) is 0. The van der Waals surface area contributed by atoms with Crippen LogP contribution in [0.4, 0.5) is 0 Å². The molecule has 0 radical (unpaired) electrons. The summed E-state index contributed by atoms with van der Waals surface area (Å²) in [7, 11) is -2.03. The van der Waals surface area contributed by atoms with Crippen LogP contribution in [0.3, 0.4) is 0 Å². The molecule has 0 spiro atoms. The summed E-state index contributed by atoms with van der Waals surface area (Å²) in [6.07, 6.45) is -0.350. The second-order valence-corrected chi connectivity index (χ2v) is 8.20. The fraction of sp³-hybridized carbons (Fsp3) is 0.250. The van der Waals surface area contributed by atoms with E-state index in [2.05, 4.69) is 15.9 Å². The van der Waals surface area contributed by atoms with Gasteiger partial charge in [-0.1, -0.05) is 34.1 Å². The van der Waals surface area contributed by atoms with Gasteiger partial charge >= 0.3 is 0 Å². The van der Waals surface area contributed by atoms with Gasteiger partial charge in [0, 0.05) is 11.5 Å². The monoisotopic (exact) mass is 397 g/mol. The van der Waals surface area contributed by atoms with Crippen molar-refractivity contribution in [1.29, 1.82) is 0 Å². The molecule has 1 aliphatic rings. The summed E-state index contributed by atoms with van der Waals surface area (Å²) < 4.78 is 38.7. The molecule has 0 unspecified atom stereocenters. The fourth-order valence-corrected chi connectivity index (χ4v) is 4.14. The predicted octanol–water partition coefficient (Wildman–Crippen LogP) is 2.91. The van der Waals surface area contributed by atoms with E-state index in [-0.39, 0.29) is 17.5 Å². The maximum Gasteiger partial charge on any atom is 0.242 e. The number of fused-ring (bicyclic) bond motifs is 1. The lowest BCUT2D eigenvalue weighted by molar-refractivity contribution is 0.0798. The smallest absolute Gasteiger partial charge is 0.242 e. The van der Waals surface area contributed by atoms with Crippen molar-refractivity contribution in [3.05, 3.63) is 53.0 Å². The molecule has 0 bridgehead atoms. The minimum Gasteiger partial charge on any atom is -0.486 e. The Bertz CT molecular complexity index is 809. The Morgan fingerprint density at radius 2 is 1.91 bits per heavy atom. The second kappa shape index (κ2) is 6.51. The molecule has 0 fully saturated rings. The Kier molecular flexibility index (Phi) is 4.61. The maximum atomic E-state index is 12.6. The highest BCUT2D eigenvalue weighted by atomic mass is 79.9. The Labute approximate surface area is 144 Å². The fourth-order valence-electron chi connectivity index (χ4n) is 2.35. The van der Waals surface area contributed by atoms with Gasteiger partial charge in [-0.05, 0) is 30.3 Å². The highest BCUT2D eigenvalue weighted by molar-refractivity contribution is 9.10. The summed E-state index contributed by atoms with van der Waals surface area (Å²) in [6.45, 7) is 0.526. The Balaban J connectivity index is 1.73. The lowest BCUT2D eigenvalue weighted by Crippen LogP contribution is -2.41. The van der Waals surface area contributed by atoms with Gasteiger partial charge in [-0.15, -0.1) is 0 Å². The number of sulfonamides is 1. The molecule has 3 rings (SSSR count). The van der Waals surface area contributed by atoms with Crippen molar-refractivity contribution in [1.82, 2.24) is 4.31 Å². The first-order valence-corrected chi connectivity index (χ1v) is 9.30. The largest absolute Gasteiger partial charge is 0.486 e. The topological polar surface area (TPSA) is 55.8 Å². The number of hydrogen-bond acceptors (Lipinski definition) is 4. The normalized spacial score (nSPS) is 17.3. The van der Waals surface area contributed by atoms with Crippen LogP contribution < -0.4 is 9.47 Å². The lowest BCUT2D eigenvalue weighted by atomic mass is 10.2. The van der Waals surface area contributed by atoms with Gasteiger partial charge in [-0.3, -0.25) is 0 Å². The van der Waals surface area contributed by atoms with Gasteiger partial charge < -0.3 is 9.47 Å². The highest BCUT2D eigenvalue weighted by Gasteiger charge is 2.28. The average Bonchev–Trinajstić information content (AvgIpc) is 2.54. The number of ether oxygens (including phenoxy) is 2. The second-order valence-electron chi connectivity index (χ2n) is 5.24. The van der Waals surface area contributed by atoms with E-state index in [0.717, 1.165) is 4.47 Å². The van der Waals surface area contributed by atoms with Crippen molar-refractivity contribution in [2.24, 2.45) is 0 Å². The molecule has 0 N–H and O–H groups in total. The summed E-state index contributed by atoms with van der Waals surface area (Å²) in [5, 5.41) is 0. The quantitative estimate of drug-likeness (QED) is 0.795. The van der Waals surface area contributed by atoms with Crippen LogP contribution in [-0.2, 0) is 10.0 Å². The molecular formula is C16H16BrNO4S. The van der Waals surface area contributed by atoms with Gasteiger partial charge in [0.05, 0.1) is 11.4 Å². The predicted molar refractivity (Wildman–Crippen MR) is 90.3 cm³/mol. The molecule has 122 valence electrons. The van der Waals surface area contributed by atoms with Gasteiger partial charge in [-0.25, -0.2) is 8.42 Å². The molecular weight excluding hydrogens is 382 g/mol. The van der Waals surface area contributed by atoms with E-state index in [1.54, 1.807) is 31.3 Å². The summed E-state index contributed by atoms with van der Waals surface area (Å²) in [5.74, 6) is 1.32. The highest BCUT2D eigenvalue weighted by Crippen LogP contribution is 2.31. The van der Waals surface area contributed by atoms with E-state index >= 15 is 0 Å². The SMILES string of the molecule is CN(C[C@H]1COc2ccccc2O1)S(=O)(=O)c1cccc(Br)c1. The first-order chi connectivity index (χ1) is 11.0. The number of para-hydroxylation sites is 2. The van der Waals surface area contributed by atoms with Crippen molar-refractivity contribution in [2.75, 3.05) is 20.2 Å². The third-order valence-corrected chi connectivity index (χ3v) is 5.85. The Morgan fingerprint density at radius 1 is 1.17 bits per heavy atom. The van der Waals surface area contributed by atoms with Gasteiger partial charge in [0.15, 0.2) is 11.5 Å². The number of rotatable bonds is 4. The zero-order valence-electron chi connectivity index (χ0n) is 12.5. The summed E-state index contributed by atoms with van der Waals surface area (Å²) in [6, 6.07) is 14.0. The molecule has 1 atom stereocenters. The molecule has 0 saturated heterocycles. The van der Waals surface area contributed by atoms with E-state index in [0.29, 0.717) is 18.1 Å². The molecule has 2 aromatic rings. The van der Waals surface area contributed by atoms with E-state index in [1.165, 1.54) is 4.31 Å². The van der Waals surface area contributed by atoms with Crippen LogP contribution in [0, 0.1) is 0 Å². The minimum atomic E-state index is -3.57. The van der Waals surface area contributed by atoms with Crippen LogP contribution in [0.5, 0.6) is 11.5 Å². The van der Waals surface area contributed by atoms with Crippen LogP contribution in [0.1, 0.15) is 0 Å². The van der Waals surface area contributed by atoms with Crippen LogP contribution >= 0.6 is 15.9 Å². The first-order valence-electron chi connectivity index (χ1n) is 7.07. The van der Waals surface area contributed by atoms with Crippen LogP contribution in [0.15, 0.2) is 57.9 Å². The molecule has 5 nitrogen and oxygen atoms in total. The minimum absolute atomic E-state index is 0.211. The number of nitrogens with zero attached hydrogens (tertiary/aromatic N) is 1. The molecule has 23 heavy (non-hydrogen) atoms. The van der Waals surface area contributed by atoms with Gasteiger partial charge in [0.25, 0.3) is 0 Å². The third-order valence-electron chi connectivity index (χ3n) is 3.53. The molecule has 0 aromatic heterocycles. The Hall–Kier alpha value is -1.57. The number of likely N-dealkylation sites (N-methyl/N-ethyl adjacent to an activating group) is 1. The molecule has 2 aromatic carbocycles. The van der Waals surface area contributed by atoms with E-state index in [1.807, 2.05) is 24.3 Å². The zero-order valence-corrected chi connectivity index (χ0v) is 14.9. The van der Waals surface area contributed by atoms with Gasteiger partial charge in [-0.2, -0.15) is 4.31 Å². The zero-order chi connectivity index (χ0) is 16.4. The molecule has 0 aliphatic carbocycles. The molecule has 0 saturated carbocycles. The molecule has 1 aliphatic heterocycles. The number of benzene rings is 2. The van der Waals surface area contributed by atoms with E-state index in [4.69, 9.17) is 9.47 Å². The van der Waals surface area contributed by atoms with Crippen LogP contribution in [0.25, 0.3) is 0 Å². The van der Waals surface area contributed by atoms with Crippen LogP contribution in [-0.4, -0.2) is 39.0 Å². The van der Waals surface area contributed by atoms with Crippen LogP contribution in [0.2, 0.25) is 0 Å². The van der Waals surface area contributed by atoms with Gasteiger partial charge in [0.1, 0.15) is 12.7 Å². The Morgan fingerprint density at radius 3 is 2.65 bits per heavy atom. The van der Waals surface area contributed by atoms with Crippen molar-refractivity contribution in [3.8, 4) is 11.5 Å². The number of halogens is 1. The van der Waals surface area contributed by atoms with Crippen molar-refractivity contribution in [2.45, 2.75) is 11.0 Å². The molecule has 1 heterocycles. The first kappa shape index (κ1) is 16.3. The molecule has 0 amide bonds. The average molecular weight is 398 g/mol. The standard InChI is InChI=1S/C16H16BrNO4S/c1-18(23(19,20)14-6-4-5-12(17)9-14)10-13-11-21-15-7-2-3-8-16(15)22-13/h2-9,13H,10-11H2,1H3/t13-/m0/s1.